The number of fused-ring (bicyclic) bond motifs is 2. The van der Waals surface area contributed by atoms with Gasteiger partial charge in [0.25, 0.3) is 0 Å². The van der Waals surface area contributed by atoms with Gasteiger partial charge in [0.05, 0.1) is 35.3 Å². The molecule has 19 heteroatoms. The minimum absolute atomic E-state index is 0.0679. The number of halogens is 4. The number of hydrogen-bond acceptors (Lipinski definition) is 13. The fourth-order valence-electron chi connectivity index (χ4n) is 5.83. The maximum absolute atomic E-state index is 11.9. The molecule has 2 saturated heterocycles. The van der Waals surface area contributed by atoms with Gasteiger partial charge >= 0.3 is 17.9 Å². The molecule has 3 N–H and O–H groups in total. The predicted octanol–water partition coefficient (Wildman–Crippen LogP) is 4.46. The molecule has 0 bridgehead atoms. The van der Waals surface area contributed by atoms with E-state index in [1.54, 1.807) is 21.3 Å². The van der Waals surface area contributed by atoms with Gasteiger partial charge in [0.1, 0.15) is 18.3 Å². The zero-order chi connectivity index (χ0) is 37.5. The number of nitrogens with zero attached hydrogens (tertiary/aromatic N) is 4. The second-order valence-electron chi connectivity index (χ2n) is 12.0. The molecule has 4 aromatic rings. The van der Waals surface area contributed by atoms with Gasteiger partial charge in [0.2, 0.25) is 0 Å². The predicted molar refractivity (Wildman–Crippen MR) is 189 cm³/mol. The minimum Gasteiger partial charge on any atom is -0.456 e. The first-order chi connectivity index (χ1) is 24.0. The summed E-state index contributed by atoms with van der Waals surface area (Å²) >= 11 is 19.0. The van der Waals surface area contributed by atoms with Gasteiger partial charge in [-0.2, -0.15) is 0 Å². The van der Waals surface area contributed by atoms with Crippen molar-refractivity contribution in [1.82, 2.24) is 19.1 Å². The van der Waals surface area contributed by atoms with Gasteiger partial charge in [-0.05, 0) is 81.1 Å². The van der Waals surface area contributed by atoms with E-state index in [-0.39, 0.29) is 13.2 Å². The standard InChI is InChI=1S/C19H20BrClN2O7.C13H14BrClN2O4/c1-8-5-14-13(6-12(8)21)22-19(20)23(14)18-17(30-11(4)26)16(29-10(3)25)15(7-27-18)28-9(2)24;1-5-2-8-7(3-6(5)15)16-13(14)17(8)12-11(20)10(19)9(18)4-21-12/h5-6,15-18H,7H2,1-4H3;2-3,9-12,18-20H,4H2,1H3/t15-,16-,17-,18-;9-,10-,11-,12-/m11/s1. The Morgan fingerprint density at radius 3 is 1.67 bits per heavy atom. The zero-order valence-corrected chi connectivity index (χ0v) is 32.4. The van der Waals surface area contributed by atoms with E-state index in [4.69, 9.17) is 46.9 Å². The van der Waals surface area contributed by atoms with Gasteiger partial charge in [-0.25, -0.2) is 9.97 Å². The van der Waals surface area contributed by atoms with Crippen molar-refractivity contribution in [2.75, 3.05) is 13.2 Å². The highest BCUT2D eigenvalue weighted by Gasteiger charge is 2.48. The van der Waals surface area contributed by atoms with Gasteiger partial charge in [-0.15, -0.1) is 0 Å². The van der Waals surface area contributed by atoms with Crippen LogP contribution >= 0.6 is 55.1 Å². The number of hydrogen-bond donors (Lipinski definition) is 3. The van der Waals surface area contributed by atoms with Crippen LogP contribution in [0.4, 0.5) is 0 Å². The van der Waals surface area contributed by atoms with Crippen LogP contribution in [0.2, 0.25) is 10.0 Å². The first kappa shape index (κ1) is 39.3. The third-order valence-corrected chi connectivity index (χ3v) is 10.1. The molecule has 0 amide bonds. The molecule has 0 radical (unpaired) electrons. The Balaban J connectivity index is 0.000000210. The third kappa shape index (κ3) is 8.36. The molecule has 0 aliphatic carbocycles. The van der Waals surface area contributed by atoms with Crippen molar-refractivity contribution < 1.29 is 53.4 Å². The lowest BCUT2D eigenvalue weighted by Crippen LogP contribution is -2.55. The quantitative estimate of drug-likeness (QED) is 0.188. The number of aliphatic hydroxyl groups is 3. The number of carbonyl (C=O) groups is 3. The van der Waals surface area contributed by atoms with E-state index >= 15 is 0 Å². The Hall–Kier alpha value is -2.87. The van der Waals surface area contributed by atoms with Crippen molar-refractivity contribution in [2.24, 2.45) is 0 Å². The molecule has 276 valence electrons. The van der Waals surface area contributed by atoms with E-state index < -0.39 is 67.0 Å². The maximum atomic E-state index is 11.9. The summed E-state index contributed by atoms with van der Waals surface area (Å²) in [7, 11) is 0. The van der Waals surface area contributed by atoms with Crippen LogP contribution in [0.3, 0.4) is 0 Å². The SMILES string of the molecule is CC(=O)O[C@@H]1[C@H](OC(C)=O)[C@H](OC(C)=O)CO[C@H]1n1c(Br)nc2cc(Cl)c(C)cc21.Cc1cc2c(cc1Cl)nc(Br)n2[C@@H]1OC[C@@H](O)[C@@H](O)[C@H]1O. The van der Waals surface area contributed by atoms with Crippen molar-refractivity contribution >= 4 is 95.0 Å². The van der Waals surface area contributed by atoms with E-state index in [1.807, 2.05) is 26.0 Å². The van der Waals surface area contributed by atoms with Crippen molar-refractivity contribution in [2.45, 2.75) is 83.7 Å². The third-order valence-electron chi connectivity index (χ3n) is 8.16. The van der Waals surface area contributed by atoms with Gasteiger partial charge in [-0.1, -0.05) is 23.2 Å². The molecule has 2 fully saturated rings. The Kier molecular flexibility index (Phi) is 12.4. The second kappa shape index (κ2) is 16.0. The number of imidazole rings is 2. The smallest absolute Gasteiger partial charge is 0.303 e. The number of aryl methyl sites for hydroxylation is 2. The normalized spacial score (nSPS) is 26.4. The summed E-state index contributed by atoms with van der Waals surface area (Å²) in [6.07, 6.45) is -8.54. The van der Waals surface area contributed by atoms with E-state index in [0.717, 1.165) is 16.6 Å². The molecule has 2 aromatic heterocycles. The molecule has 15 nitrogen and oxygen atoms in total. The summed E-state index contributed by atoms with van der Waals surface area (Å²) in [4.78, 5) is 43.9. The Labute approximate surface area is 317 Å². The molecule has 2 aromatic carbocycles. The first-order valence-corrected chi connectivity index (χ1v) is 17.8. The van der Waals surface area contributed by atoms with Gasteiger partial charge in [-0.3, -0.25) is 23.5 Å². The topological polar surface area (TPSA) is 194 Å². The molecule has 0 saturated carbocycles. The fourth-order valence-corrected chi connectivity index (χ4v) is 7.31. The molecular weight excluding hydrogens is 847 g/mol. The fraction of sp³-hybridized carbons (Fsp3) is 0.469. The van der Waals surface area contributed by atoms with Gasteiger partial charge in [0, 0.05) is 30.8 Å². The summed E-state index contributed by atoms with van der Waals surface area (Å²) in [6, 6.07) is 7.10. The Bertz CT molecular complexity index is 1970. The molecule has 6 rings (SSSR count). The molecule has 2 aliphatic rings. The number of benzene rings is 2. The molecule has 0 unspecified atom stereocenters. The maximum Gasteiger partial charge on any atom is 0.303 e. The van der Waals surface area contributed by atoms with Crippen LogP contribution in [0.1, 0.15) is 44.4 Å². The Morgan fingerprint density at radius 1 is 0.725 bits per heavy atom. The zero-order valence-electron chi connectivity index (χ0n) is 27.8. The van der Waals surface area contributed by atoms with E-state index in [2.05, 4.69) is 41.8 Å². The van der Waals surface area contributed by atoms with Gasteiger partial charge in [0.15, 0.2) is 40.2 Å². The molecule has 0 spiro atoms. The van der Waals surface area contributed by atoms with Crippen molar-refractivity contribution in [3.05, 3.63) is 54.9 Å². The largest absolute Gasteiger partial charge is 0.456 e. The van der Waals surface area contributed by atoms with E-state index in [0.29, 0.717) is 36.1 Å². The van der Waals surface area contributed by atoms with Gasteiger partial charge < -0.3 is 39.0 Å². The molecule has 8 atom stereocenters. The lowest BCUT2D eigenvalue weighted by molar-refractivity contribution is -0.239. The van der Waals surface area contributed by atoms with Crippen LogP contribution in [0.25, 0.3) is 22.1 Å². The van der Waals surface area contributed by atoms with Crippen LogP contribution < -0.4 is 0 Å². The van der Waals surface area contributed by atoms with Crippen molar-refractivity contribution in [1.29, 1.82) is 0 Å². The first-order valence-electron chi connectivity index (χ1n) is 15.4. The van der Waals surface area contributed by atoms with Crippen LogP contribution in [-0.2, 0) is 38.1 Å². The average Bonchev–Trinajstić information content (AvgIpc) is 3.51. The summed E-state index contributed by atoms with van der Waals surface area (Å²) in [5.74, 6) is -1.82. The summed E-state index contributed by atoms with van der Waals surface area (Å²) < 4.78 is 31.7. The van der Waals surface area contributed by atoms with Crippen molar-refractivity contribution in [3.63, 3.8) is 0 Å². The number of aromatic nitrogens is 4. The highest BCUT2D eigenvalue weighted by Crippen LogP contribution is 2.37. The molecule has 4 heterocycles. The lowest BCUT2D eigenvalue weighted by Gasteiger charge is -2.41. The number of rotatable bonds is 5. The number of ether oxygens (including phenoxy) is 5. The summed E-state index contributed by atoms with van der Waals surface area (Å²) in [6.45, 7) is 7.22. The number of carbonyl (C=O) groups excluding carboxylic acids is 3. The Morgan fingerprint density at radius 2 is 1.18 bits per heavy atom. The summed E-state index contributed by atoms with van der Waals surface area (Å²) in [5, 5.41) is 30.7. The highest BCUT2D eigenvalue weighted by molar-refractivity contribution is 9.10. The average molecular weight is 881 g/mol. The monoisotopic (exact) mass is 878 g/mol. The number of aliphatic hydroxyl groups excluding tert-OH is 3. The molecule has 2 aliphatic heterocycles. The lowest BCUT2D eigenvalue weighted by atomic mass is 10.0. The van der Waals surface area contributed by atoms with Crippen LogP contribution in [0.5, 0.6) is 0 Å². The highest BCUT2D eigenvalue weighted by atomic mass is 79.9. The summed E-state index contributed by atoms with van der Waals surface area (Å²) in [5.41, 5.74) is 4.30. The van der Waals surface area contributed by atoms with Crippen molar-refractivity contribution in [3.8, 4) is 0 Å². The van der Waals surface area contributed by atoms with Crippen LogP contribution in [-0.4, -0.2) is 102 Å². The van der Waals surface area contributed by atoms with Crippen LogP contribution in [0, 0.1) is 13.8 Å². The van der Waals surface area contributed by atoms with E-state index in [9.17, 15) is 29.7 Å². The van der Waals surface area contributed by atoms with Crippen LogP contribution in [0.15, 0.2) is 33.7 Å². The van der Waals surface area contributed by atoms with E-state index in [1.165, 1.54) is 20.8 Å². The minimum atomic E-state index is -1.28. The molecule has 51 heavy (non-hydrogen) atoms. The molecular formula is C32H34Br2Cl2N4O11. The second-order valence-corrected chi connectivity index (χ2v) is 14.2. The number of esters is 3.